The molecule has 0 aromatic heterocycles. The van der Waals surface area contributed by atoms with E-state index in [4.69, 9.17) is 4.42 Å². The van der Waals surface area contributed by atoms with Gasteiger partial charge in [-0.15, -0.1) is 0 Å². The largest absolute Gasteiger partial charge is 0.464 e. The maximum atomic E-state index is 12.9. The van der Waals surface area contributed by atoms with Gasteiger partial charge in [-0.05, 0) is 30.5 Å². The Morgan fingerprint density at radius 3 is 2.86 bits per heavy atom. The predicted octanol–water partition coefficient (Wildman–Crippen LogP) is 3.01. The second kappa shape index (κ2) is 7.76. The molecule has 1 N–H and O–H groups in total. The van der Waals surface area contributed by atoms with Crippen LogP contribution >= 0.6 is 0 Å². The van der Waals surface area contributed by atoms with Crippen LogP contribution in [0, 0.1) is 0 Å². The molecule has 6 nitrogen and oxygen atoms in total. The van der Waals surface area contributed by atoms with Gasteiger partial charge in [0.25, 0.3) is 0 Å². The van der Waals surface area contributed by atoms with Gasteiger partial charge in [0.15, 0.2) is 0 Å². The van der Waals surface area contributed by atoms with Gasteiger partial charge in [-0.25, -0.2) is 4.79 Å². The Kier molecular flexibility index (Phi) is 4.99. The van der Waals surface area contributed by atoms with Crippen molar-refractivity contribution in [3.63, 3.8) is 0 Å². The van der Waals surface area contributed by atoms with Crippen LogP contribution in [0.25, 0.3) is 11.3 Å². The first-order valence-corrected chi connectivity index (χ1v) is 10.8. The minimum absolute atomic E-state index is 0.260. The van der Waals surface area contributed by atoms with E-state index in [2.05, 4.69) is 38.2 Å². The number of nitrogens with one attached hydrogen (secondary N) is 1. The average molecular weight is 383 g/mol. The zero-order valence-electron chi connectivity index (χ0n) is 16.5. The highest BCUT2D eigenvalue weighted by atomic mass is 16.3. The van der Waals surface area contributed by atoms with Crippen molar-refractivity contribution < 1.29 is 9.21 Å². The first-order valence-electron chi connectivity index (χ1n) is 10.8. The summed E-state index contributed by atoms with van der Waals surface area (Å²) in [4.78, 5) is 19.6. The molecule has 3 heterocycles. The van der Waals surface area contributed by atoms with E-state index in [0.29, 0.717) is 12.1 Å². The van der Waals surface area contributed by atoms with E-state index < -0.39 is 0 Å². The summed E-state index contributed by atoms with van der Waals surface area (Å²) < 4.78 is 5.64. The first kappa shape index (κ1) is 18.0. The second-order valence-corrected chi connectivity index (χ2v) is 8.34. The normalized spacial score (nSPS) is 24.7. The van der Waals surface area contributed by atoms with Gasteiger partial charge in [0.1, 0.15) is 5.76 Å². The van der Waals surface area contributed by atoms with Crippen LogP contribution in [0.3, 0.4) is 0 Å². The topological polar surface area (TPSA) is 52.0 Å². The van der Waals surface area contributed by atoms with Gasteiger partial charge in [-0.3, -0.25) is 4.90 Å². The Morgan fingerprint density at radius 2 is 1.96 bits per heavy atom. The third-order valence-corrected chi connectivity index (χ3v) is 6.79. The number of urea groups is 1. The highest BCUT2D eigenvalue weighted by Crippen LogP contribution is 2.34. The molecule has 0 spiro atoms. The third kappa shape index (κ3) is 3.29. The fraction of sp³-hybridized carbons (Fsp3) is 0.591. The summed E-state index contributed by atoms with van der Waals surface area (Å²) in [5.74, 6) is 0.949. The van der Waals surface area contributed by atoms with Crippen molar-refractivity contribution in [2.75, 3.05) is 45.8 Å². The summed E-state index contributed by atoms with van der Waals surface area (Å²) in [5.41, 5.74) is 2.52. The van der Waals surface area contributed by atoms with Crippen LogP contribution < -0.4 is 5.32 Å². The summed E-state index contributed by atoms with van der Waals surface area (Å²) in [6.45, 7) is 6.47. The molecule has 28 heavy (non-hydrogen) atoms. The Morgan fingerprint density at radius 1 is 1.07 bits per heavy atom. The molecule has 1 saturated carbocycles. The molecule has 2 amide bonds. The smallest absolute Gasteiger partial charge is 0.320 e. The highest BCUT2D eigenvalue weighted by molar-refractivity contribution is 5.77. The van der Waals surface area contributed by atoms with Crippen molar-refractivity contribution in [1.82, 2.24) is 20.0 Å². The van der Waals surface area contributed by atoms with Gasteiger partial charge in [-0.2, -0.15) is 0 Å². The molecule has 3 aliphatic heterocycles. The van der Waals surface area contributed by atoms with Crippen molar-refractivity contribution in [1.29, 1.82) is 0 Å². The molecule has 1 unspecified atom stereocenters. The average Bonchev–Trinajstić information content (AvgIpc) is 3.47. The molecular formula is C22H30N4O2. The van der Waals surface area contributed by atoms with Crippen molar-refractivity contribution in [3.8, 4) is 11.3 Å². The third-order valence-electron chi connectivity index (χ3n) is 6.79. The van der Waals surface area contributed by atoms with Crippen LogP contribution in [-0.2, 0) is 0 Å². The summed E-state index contributed by atoms with van der Waals surface area (Å²) in [5, 5.41) is 3.54. The second-order valence-electron chi connectivity index (χ2n) is 8.34. The van der Waals surface area contributed by atoms with E-state index in [1.807, 2.05) is 6.07 Å². The summed E-state index contributed by atoms with van der Waals surface area (Å²) in [7, 11) is 0. The van der Waals surface area contributed by atoms with E-state index in [0.717, 1.165) is 51.6 Å². The number of piperazine rings is 1. The number of fused-ring (bicyclic) bond motifs is 1. The standard InChI is InChI=1S/C22H30N4O2/c27-22-25(13-14-26(22)17-4-1-2-5-17)12-11-24-10-9-23-16-20(24)18-8-15-28-21-7-3-6-19(18)21/h3,6-8,15,17,20,23H,1-2,4-5,9-14,16H2. The molecule has 1 atom stereocenters. The van der Waals surface area contributed by atoms with Crippen molar-refractivity contribution in [2.24, 2.45) is 0 Å². The lowest BCUT2D eigenvalue weighted by Gasteiger charge is -2.38. The fourth-order valence-electron chi connectivity index (χ4n) is 5.24. The van der Waals surface area contributed by atoms with Gasteiger partial charge in [0.2, 0.25) is 0 Å². The zero-order chi connectivity index (χ0) is 18.9. The number of hydrogen-bond donors (Lipinski definition) is 1. The fourth-order valence-corrected chi connectivity index (χ4v) is 5.24. The van der Waals surface area contributed by atoms with Crippen molar-refractivity contribution in [2.45, 2.75) is 37.8 Å². The van der Waals surface area contributed by atoms with Crippen LogP contribution in [0.15, 0.2) is 34.9 Å². The number of rotatable bonds is 5. The van der Waals surface area contributed by atoms with Crippen LogP contribution in [0.5, 0.6) is 0 Å². The molecule has 3 fully saturated rings. The Bertz CT molecular complexity index is 785. The lowest BCUT2D eigenvalue weighted by molar-refractivity contribution is 0.140. The van der Waals surface area contributed by atoms with Crippen LogP contribution in [0.1, 0.15) is 37.3 Å². The monoisotopic (exact) mass is 382 g/mol. The Balaban J connectivity index is 1.25. The number of carbonyl (C=O) groups is 1. The van der Waals surface area contributed by atoms with Crippen molar-refractivity contribution in [3.05, 3.63) is 36.1 Å². The molecule has 2 aliphatic carbocycles. The molecule has 0 aromatic carbocycles. The molecule has 0 aromatic rings. The van der Waals surface area contributed by atoms with Crippen molar-refractivity contribution >= 4 is 6.03 Å². The van der Waals surface area contributed by atoms with Crippen LogP contribution in [-0.4, -0.2) is 72.6 Å². The first-order chi connectivity index (χ1) is 13.8. The number of amides is 2. The quantitative estimate of drug-likeness (QED) is 0.864. The molecule has 150 valence electrons. The van der Waals surface area contributed by atoms with E-state index in [-0.39, 0.29) is 6.03 Å². The number of nitrogens with zero attached hydrogens (tertiary/aromatic N) is 3. The van der Waals surface area contributed by atoms with E-state index >= 15 is 0 Å². The van der Waals surface area contributed by atoms with E-state index in [9.17, 15) is 4.79 Å². The summed E-state index contributed by atoms with van der Waals surface area (Å²) >= 11 is 0. The predicted molar refractivity (Wildman–Crippen MR) is 108 cm³/mol. The Labute approximate surface area is 166 Å². The molecule has 0 bridgehead atoms. The number of hydrogen-bond acceptors (Lipinski definition) is 4. The SMILES string of the molecule is O=C1N(CCN2CCNCC2c2ccoc3cccc2-3)CCN1C1CCCC1. The van der Waals surface area contributed by atoms with Crippen LogP contribution in [0.4, 0.5) is 4.79 Å². The molecule has 2 saturated heterocycles. The van der Waals surface area contributed by atoms with Gasteiger partial charge >= 0.3 is 6.03 Å². The molecular weight excluding hydrogens is 352 g/mol. The highest BCUT2D eigenvalue weighted by Gasteiger charge is 2.35. The number of carbonyl (C=O) groups excluding carboxylic acids is 1. The molecule has 5 aliphatic rings. The molecule has 5 rings (SSSR count). The molecule has 6 heteroatoms. The minimum Gasteiger partial charge on any atom is -0.464 e. The van der Waals surface area contributed by atoms with Gasteiger partial charge in [0, 0.05) is 63.5 Å². The maximum absolute atomic E-state index is 12.9. The van der Waals surface area contributed by atoms with Gasteiger partial charge in [0.05, 0.1) is 6.26 Å². The summed E-state index contributed by atoms with van der Waals surface area (Å²) in [6.07, 6.45) is 6.73. The lowest BCUT2D eigenvalue weighted by atomic mass is 9.99. The Hall–Kier alpha value is -2.05. The minimum atomic E-state index is 0.260. The van der Waals surface area contributed by atoms with Gasteiger partial charge in [-0.1, -0.05) is 25.0 Å². The van der Waals surface area contributed by atoms with E-state index in [1.54, 1.807) is 6.26 Å². The van der Waals surface area contributed by atoms with E-state index in [1.165, 1.54) is 36.8 Å². The zero-order valence-corrected chi connectivity index (χ0v) is 16.5. The molecule has 0 radical (unpaired) electrons. The maximum Gasteiger partial charge on any atom is 0.320 e. The summed E-state index contributed by atoms with van der Waals surface area (Å²) in [6, 6.07) is 9.40. The lowest BCUT2D eigenvalue weighted by Crippen LogP contribution is -2.49. The van der Waals surface area contributed by atoms with Crippen LogP contribution in [0.2, 0.25) is 0 Å². The van der Waals surface area contributed by atoms with Gasteiger partial charge < -0.3 is 19.5 Å².